The van der Waals surface area contributed by atoms with Gasteiger partial charge in [0.05, 0.1) is 0 Å². The minimum Gasteiger partial charge on any atom is -0.508 e. The first-order valence-corrected chi connectivity index (χ1v) is 3.88. The lowest BCUT2D eigenvalue weighted by atomic mass is 10.2. The van der Waals surface area contributed by atoms with Crippen LogP contribution in [-0.4, -0.2) is 24.2 Å². The molecule has 0 saturated carbocycles. The first kappa shape index (κ1) is 9.03. The molecule has 0 saturated heterocycles. The van der Waals surface area contributed by atoms with Gasteiger partial charge in [0, 0.05) is 26.2 Å². The van der Waals surface area contributed by atoms with Crippen LogP contribution in [-0.2, 0) is 6.54 Å². The van der Waals surface area contributed by atoms with Crippen LogP contribution >= 0.6 is 0 Å². The van der Waals surface area contributed by atoms with Gasteiger partial charge in [0.15, 0.2) is 0 Å². The molecule has 0 fully saturated rings. The molecule has 1 aromatic rings. The molecule has 0 bridgehead atoms. The number of nitrogens with zero attached hydrogens (tertiary/aromatic N) is 1. The van der Waals surface area contributed by atoms with E-state index in [1.165, 1.54) is 0 Å². The van der Waals surface area contributed by atoms with E-state index in [0.29, 0.717) is 12.3 Å². The summed E-state index contributed by atoms with van der Waals surface area (Å²) in [4.78, 5) is 0. The maximum Gasteiger partial charge on any atom is 0.120 e. The molecule has 12 heavy (non-hydrogen) atoms. The lowest BCUT2D eigenvalue weighted by Crippen LogP contribution is -2.29. The number of phenols is 1. The van der Waals surface area contributed by atoms with Crippen LogP contribution in [0.2, 0.25) is 0 Å². The Balaban J connectivity index is 2.57. The first-order valence-electron chi connectivity index (χ1n) is 3.88. The Morgan fingerprint density at radius 3 is 2.58 bits per heavy atom. The Hall–Kier alpha value is -1.06. The van der Waals surface area contributed by atoms with Crippen LogP contribution in [0.5, 0.6) is 5.75 Å². The Morgan fingerprint density at radius 2 is 2.00 bits per heavy atom. The summed E-state index contributed by atoms with van der Waals surface area (Å²) in [6.07, 6.45) is 0. The number of benzene rings is 1. The summed E-state index contributed by atoms with van der Waals surface area (Å²) < 4.78 is 0. The van der Waals surface area contributed by atoms with Crippen molar-refractivity contribution in [2.75, 3.05) is 14.1 Å². The normalized spacial score (nSPS) is 10.6. The van der Waals surface area contributed by atoms with E-state index < -0.39 is 0 Å². The summed E-state index contributed by atoms with van der Waals surface area (Å²) >= 11 is 0. The van der Waals surface area contributed by atoms with Crippen LogP contribution in [0, 0.1) is 0 Å². The highest BCUT2D eigenvalue weighted by Gasteiger charge is 1.98. The highest BCUT2D eigenvalue weighted by molar-refractivity contribution is 5.31. The maximum absolute atomic E-state index is 9.36. The van der Waals surface area contributed by atoms with Crippen LogP contribution in [0.25, 0.3) is 0 Å². The van der Waals surface area contributed by atoms with Crippen LogP contribution in [0.15, 0.2) is 24.3 Å². The van der Waals surface area contributed by atoms with Crippen molar-refractivity contribution in [1.29, 1.82) is 0 Å². The summed E-state index contributed by atoms with van der Waals surface area (Å²) in [5, 5.41) is 11.2. The lowest BCUT2D eigenvalue weighted by Gasteiger charge is -2.12. The Labute approximate surface area is 72.6 Å². The zero-order valence-electron chi connectivity index (χ0n) is 7.41. The van der Waals surface area contributed by atoms with Gasteiger partial charge in [-0.25, -0.2) is 0 Å². The van der Waals surface area contributed by atoms with Crippen molar-refractivity contribution in [2.24, 2.45) is 0 Å². The van der Waals surface area contributed by atoms with Gasteiger partial charge in [-0.15, -0.1) is 0 Å². The molecule has 0 amide bonds. The molecule has 3 nitrogen and oxygen atoms in total. The van der Waals surface area contributed by atoms with Crippen molar-refractivity contribution >= 4 is 0 Å². The molecule has 0 aromatic heterocycles. The van der Waals surface area contributed by atoms with Crippen molar-refractivity contribution in [3.8, 4) is 5.75 Å². The van der Waals surface area contributed by atoms with Crippen LogP contribution < -0.4 is 5.43 Å². The zero-order chi connectivity index (χ0) is 8.97. The number of hydrazine groups is 1. The van der Waals surface area contributed by atoms with Crippen LogP contribution in [0.1, 0.15) is 5.56 Å². The number of phenolic OH excluding ortho intramolecular Hbond substituents is 1. The van der Waals surface area contributed by atoms with Gasteiger partial charge < -0.3 is 5.11 Å². The second-order valence-electron chi connectivity index (χ2n) is 2.86. The molecule has 66 valence electrons. The summed E-state index contributed by atoms with van der Waals surface area (Å²) in [5.41, 5.74) is 3.98. The second kappa shape index (κ2) is 4.09. The smallest absolute Gasteiger partial charge is 0.120 e. The fraction of sp³-hybridized carbons (Fsp3) is 0.333. The van der Waals surface area contributed by atoms with Gasteiger partial charge in [0.25, 0.3) is 0 Å². The molecule has 0 radical (unpaired) electrons. The van der Waals surface area contributed by atoms with E-state index >= 15 is 0 Å². The fourth-order valence-corrected chi connectivity index (χ4v) is 0.904. The highest BCUT2D eigenvalue weighted by atomic mass is 16.3. The number of rotatable bonds is 3. The predicted octanol–water partition coefficient (Wildman–Crippen LogP) is 0.958. The molecule has 0 aliphatic carbocycles. The highest BCUT2D eigenvalue weighted by Crippen LogP contribution is 2.14. The number of nitrogens with one attached hydrogen (secondary N) is 1. The number of hydrogen-bond acceptors (Lipinski definition) is 3. The van der Waals surface area contributed by atoms with Crippen molar-refractivity contribution in [3.05, 3.63) is 29.8 Å². The Kier molecular flexibility index (Phi) is 3.08. The van der Waals surface area contributed by atoms with Gasteiger partial charge >= 0.3 is 0 Å². The quantitative estimate of drug-likeness (QED) is 0.656. The third kappa shape index (κ3) is 2.53. The molecular weight excluding hydrogens is 152 g/mol. The minimum atomic E-state index is 0.340. The van der Waals surface area contributed by atoms with E-state index in [1.807, 2.05) is 37.3 Å². The largest absolute Gasteiger partial charge is 0.508 e. The standard InChI is InChI=1S/C9H14N2O/c1-11(2)10-7-8-5-3-4-6-9(8)12/h3-6,10,12H,7H2,1-2H3. The maximum atomic E-state index is 9.36. The Morgan fingerprint density at radius 1 is 1.33 bits per heavy atom. The van der Waals surface area contributed by atoms with Gasteiger partial charge in [0.1, 0.15) is 5.75 Å². The predicted molar refractivity (Wildman–Crippen MR) is 48.6 cm³/mol. The van der Waals surface area contributed by atoms with E-state index in [-0.39, 0.29) is 0 Å². The van der Waals surface area contributed by atoms with Gasteiger partial charge in [0.2, 0.25) is 0 Å². The molecule has 1 aromatic carbocycles. The number of aromatic hydroxyl groups is 1. The monoisotopic (exact) mass is 166 g/mol. The van der Waals surface area contributed by atoms with Crippen molar-refractivity contribution in [3.63, 3.8) is 0 Å². The van der Waals surface area contributed by atoms with Gasteiger partial charge in [-0.3, -0.25) is 10.4 Å². The van der Waals surface area contributed by atoms with E-state index in [0.717, 1.165) is 5.56 Å². The molecule has 0 atom stereocenters. The van der Waals surface area contributed by atoms with E-state index in [4.69, 9.17) is 0 Å². The summed E-state index contributed by atoms with van der Waals surface area (Å²) in [6, 6.07) is 7.30. The van der Waals surface area contributed by atoms with E-state index in [2.05, 4.69) is 5.43 Å². The number of hydrogen-bond donors (Lipinski definition) is 2. The first-order chi connectivity index (χ1) is 5.70. The van der Waals surface area contributed by atoms with Crippen LogP contribution in [0.4, 0.5) is 0 Å². The van der Waals surface area contributed by atoms with E-state index in [1.54, 1.807) is 6.07 Å². The van der Waals surface area contributed by atoms with Gasteiger partial charge in [-0.05, 0) is 6.07 Å². The zero-order valence-corrected chi connectivity index (χ0v) is 7.41. The number of para-hydroxylation sites is 1. The average Bonchev–Trinajstić information content (AvgIpc) is 2.03. The molecule has 0 heterocycles. The third-order valence-corrected chi connectivity index (χ3v) is 1.58. The van der Waals surface area contributed by atoms with Crippen LogP contribution in [0.3, 0.4) is 0 Å². The van der Waals surface area contributed by atoms with E-state index in [9.17, 15) is 5.11 Å². The fourth-order valence-electron chi connectivity index (χ4n) is 0.904. The minimum absolute atomic E-state index is 0.340. The van der Waals surface area contributed by atoms with Crippen molar-refractivity contribution in [2.45, 2.75) is 6.54 Å². The lowest BCUT2D eigenvalue weighted by molar-refractivity contribution is 0.283. The third-order valence-electron chi connectivity index (χ3n) is 1.58. The SMILES string of the molecule is CN(C)NCc1ccccc1O. The summed E-state index contributed by atoms with van der Waals surface area (Å²) in [6.45, 7) is 0.652. The summed E-state index contributed by atoms with van der Waals surface area (Å²) in [7, 11) is 3.83. The second-order valence-corrected chi connectivity index (χ2v) is 2.86. The summed E-state index contributed by atoms with van der Waals surface area (Å²) in [5.74, 6) is 0.340. The molecular formula is C9H14N2O. The molecule has 3 heteroatoms. The Bertz CT molecular complexity index is 248. The molecule has 2 N–H and O–H groups in total. The molecule has 0 aliphatic heterocycles. The average molecular weight is 166 g/mol. The molecule has 1 rings (SSSR count). The van der Waals surface area contributed by atoms with Crippen molar-refractivity contribution in [1.82, 2.24) is 10.4 Å². The van der Waals surface area contributed by atoms with Crippen molar-refractivity contribution < 1.29 is 5.11 Å². The molecule has 0 aliphatic rings. The van der Waals surface area contributed by atoms with Gasteiger partial charge in [-0.1, -0.05) is 18.2 Å². The molecule has 0 unspecified atom stereocenters. The molecule has 0 spiro atoms. The topological polar surface area (TPSA) is 35.5 Å². The van der Waals surface area contributed by atoms with Gasteiger partial charge in [-0.2, -0.15) is 0 Å².